The molecule has 0 spiro atoms. The number of nitrogens with one attached hydrogen (secondary N) is 1. The number of nitrogen functional groups attached to an aromatic ring is 1. The second kappa shape index (κ2) is 5.28. The van der Waals surface area contributed by atoms with Gasteiger partial charge in [-0.2, -0.15) is 0 Å². The first-order valence-corrected chi connectivity index (χ1v) is 5.98. The highest BCUT2D eigenvalue weighted by Crippen LogP contribution is 2.23. The topological polar surface area (TPSA) is 55.1 Å². The van der Waals surface area contributed by atoms with Gasteiger partial charge in [0.1, 0.15) is 11.5 Å². The van der Waals surface area contributed by atoms with Gasteiger partial charge in [-0.15, -0.1) is 0 Å². The van der Waals surface area contributed by atoms with Gasteiger partial charge < -0.3 is 11.1 Å². The maximum atomic E-state index is 13.6. The minimum atomic E-state index is -0.570. The van der Waals surface area contributed by atoms with E-state index in [1.807, 2.05) is 0 Å². The van der Waals surface area contributed by atoms with Crippen LogP contribution >= 0.6 is 11.6 Å². The van der Waals surface area contributed by atoms with Crippen LogP contribution in [0.25, 0.3) is 0 Å². The van der Waals surface area contributed by atoms with Gasteiger partial charge in [0.2, 0.25) is 0 Å². The van der Waals surface area contributed by atoms with Gasteiger partial charge in [-0.3, -0.25) is 4.79 Å². The van der Waals surface area contributed by atoms with E-state index in [1.54, 1.807) is 25.1 Å². The van der Waals surface area contributed by atoms with Crippen LogP contribution < -0.4 is 11.1 Å². The van der Waals surface area contributed by atoms with Gasteiger partial charge in [-0.25, -0.2) is 4.39 Å². The fraction of sp³-hybridized carbons (Fsp3) is 0.0714. The zero-order valence-electron chi connectivity index (χ0n) is 10.2. The zero-order chi connectivity index (χ0) is 14.0. The van der Waals surface area contributed by atoms with Crippen molar-refractivity contribution in [2.45, 2.75) is 6.92 Å². The number of para-hydroxylation sites is 1. The molecule has 5 heteroatoms. The predicted octanol–water partition coefficient (Wildman–Crippen LogP) is 3.62. The van der Waals surface area contributed by atoms with Crippen molar-refractivity contribution < 1.29 is 9.18 Å². The minimum absolute atomic E-state index is 0.0138. The normalized spacial score (nSPS) is 10.3. The molecule has 19 heavy (non-hydrogen) atoms. The van der Waals surface area contributed by atoms with E-state index in [1.165, 1.54) is 18.2 Å². The molecular formula is C14H12ClFN2O. The summed E-state index contributed by atoms with van der Waals surface area (Å²) in [5.74, 6) is -1.00. The van der Waals surface area contributed by atoms with Gasteiger partial charge >= 0.3 is 0 Å². The van der Waals surface area contributed by atoms with Crippen LogP contribution in [0.15, 0.2) is 36.4 Å². The highest BCUT2D eigenvalue weighted by atomic mass is 35.5. The Morgan fingerprint density at radius 2 is 2.05 bits per heavy atom. The summed E-state index contributed by atoms with van der Waals surface area (Å²) in [4.78, 5) is 12.0. The van der Waals surface area contributed by atoms with Gasteiger partial charge in [0, 0.05) is 10.6 Å². The van der Waals surface area contributed by atoms with Crippen molar-refractivity contribution in [3.05, 3.63) is 58.4 Å². The summed E-state index contributed by atoms with van der Waals surface area (Å²) in [6.07, 6.45) is 0. The lowest BCUT2D eigenvalue weighted by atomic mass is 10.1. The van der Waals surface area contributed by atoms with Crippen LogP contribution in [0.2, 0.25) is 5.02 Å². The first-order chi connectivity index (χ1) is 8.99. The highest BCUT2D eigenvalue weighted by molar-refractivity contribution is 6.31. The summed E-state index contributed by atoms with van der Waals surface area (Å²) in [5.41, 5.74) is 6.96. The molecule has 0 aromatic heterocycles. The Morgan fingerprint density at radius 3 is 2.68 bits per heavy atom. The smallest absolute Gasteiger partial charge is 0.255 e. The van der Waals surface area contributed by atoms with Crippen LogP contribution in [-0.4, -0.2) is 5.91 Å². The summed E-state index contributed by atoms with van der Waals surface area (Å²) in [7, 11) is 0. The second-order valence-electron chi connectivity index (χ2n) is 4.12. The fourth-order valence-electron chi connectivity index (χ4n) is 1.64. The first-order valence-electron chi connectivity index (χ1n) is 5.60. The van der Waals surface area contributed by atoms with Gasteiger partial charge in [0.05, 0.1) is 5.69 Å². The standard InChI is InChI=1S/C14H12ClFN2O/c1-8-7-9(5-6-10(8)15)14(19)18-13-11(16)3-2-4-12(13)17/h2-7H,17H2,1H3,(H,18,19). The number of amides is 1. The number of carbonyl (C=O) groups is 1. The van der Waals surface area contributed by atoms with Crippen LogP contribution in [0, 0.1) is 12.7 Å². The van der Waals surface area contributed by atoms with Crippen molar-refractivity contribution in [1.29, 1.82) is 0 Å². The Morgan fingerprint density at radius 1 is 1.32 bits per heavy atom. The lowest BCUT2D eigenvalue weighted by Crippen LogP contribution is -2.14. The monoisotopic (exact) mass is 278 g/mol. The molecule has 0 fully saturated rings. The van der Waals surface area contributed by atoms with E-state index in [-0.39, 0.29) is 11.4 Å². The van der Waals surface area contributed by atoms with Crippen LogP contribution in [0.3, 0.4) is 0 Å². The molecule has 2 rings (SSSR count). The van der Waals surface area contributed by atoms with Crippen LogP contribution in [0.4, 0.5) is 15.8 Å². The van der Waals surface area contributed by atoms with E-state index in [0.29, 0.717) is 10.6 Å². The molecule has 0 aliphatic rings. The number of anilines is 2. The lowest BCUT2D eigenvalue weighted by molar-refractivity contribution is 0.102. The van der Waals surface area contributed by atoms with E-state index in [2.05, 4.69) is 5.32 Å². The summed E-state index contributed by atoms with van der Waals surface area (Å²) in [6, 6.07) is 9.06. The largest absolute Gasteiger partial charge is 0.397 e. The fourth-order valence-corrected chi connectivity index (χ4v) is 1.76. The van der Waals surface area contributed by atoms with Gasteiger partial charge in [0.25, 0.3) is 5.91 Å². The first kappa shape index (κ1) is 13.4. The van der Waals surface area contributed by atoms with Gasteiger partial charge in [0.15, 0.2) is 0 Å². The lowest BCUT2D eigenvalue weighted by Gasteiger charge is -2.09. The molecule has 0 aliphatic carbocycles. The zero-order valence-corrected chi connectivity index (χ0v) is 11.0. The number of rotatable bonds is 2. The SMILES string of the molecule is Cc1cc(C(=O)Nc2c(N)cccc2F)ccc1Cl. The maximum absolute atomic E-state index is 13.6. The van der Waals surface area contributed by atoms with Crippen LogP contribution in [0.1, 0.15) is 15.9 Å². The Labute approximate surface area is 115 Å². The van der Waals surface area contributed by atoms with E-state index in [0.717, 1.165) is 5.56 Å². The molecule has 1 amide bonds. The van der Waals surface area contributed by atoms with E-state index in [9.17, 15) is 9.18 Å². The molecule has 0 unspecified atom stereocenters. The number of halogens is 2. The van der Waals surface area contributed by atoms with Crippen molar-refractivity contribution in [3.63, 3.8) is 0 Å². The summed E-state index contributed by atoms with van der Waals surface area (Å²) >= 11 is 5.88. The summed E-state index contributed by atoms with van der Waals surface area (Å²) in [5, 5.41) is 3.03. The number of aryl methyl sites for hydroxylation is 1. The van der Waals surface area contributed by atoms with Crippen molar-refractivity contribution in [3.8, 4) is 0 Å². The Hall–Kier alpha value is -2.07. The average molecular weight is 279 g/mol. The molecule has 0 saturated heterocycles. The molecule has 0 atom stereocenters. The van der Waals surface area contributed by atoms with E-state index >= 15 is 0 Å². The molecule has 3 nitrogen and oxygen atoms in total. The second-order valence-corrected chi connectivity index (χ2v) is 4.53. The molecule has 0 heterocycles. The quantitative estimate of drug-likeness (QED) is 0.824. The number of nitrogens with two attached hydrogens (primary N) is 1. The van der Waals surface area contributed by atoms with Crippen LogP contribution in [-0.2, 0) is 0 Å². The minimum Gasteiger partial charge on any atom is -0.397 e. The number of hydrogen-bond donors (Lipinski definition) is 2. The van der Waals surface area contributed by atoms with E-state index < -0.39 is 11.7 Å². The number of hydrogen-bond acceptors (Lipinski definition) is 2. The van der Waals surface area contributed by atoms with Crippen molar-refractivity contribution in [2.75, 3.05) is 11.1 Å². The molecule has 3 N–H and O–H groups in total. The molecule has 0 aliphatic heterocycles. The Bertz CT molecular complexity index is 623. The average Bonchev–Trinajstić information content (AvgIpc) is 2.37. The van der Waals surface area contributed by atoms with Gasteiger partial charge in [-0.05, 0) is 42.8 Å². The summed E-state index contributed by atoms with van der Waals surface area (Å²) < 4.78 is 13.6. The Balaban J connectivity index is 2.28. The molecule has 2 aromatic rings. The van der Waals surface area contributed by atoms with Crippen molar-refractivity contribution in [1.82, 2.24) is 0 Å². The summed E-state index contributed by atoms with van der Waals surface area (Å²) in [6.45, 7) is 1.79. The molecular weight excluding hydrogens is 267 g/mol. The van der Waals surface area contributed by atoms with Crippen LogP contribution in [0.5, 0.6) is 0 Å². The highest BCUT2D eigenvalue weighted by Gasteiger charge is 2.12. The molecule has 0 saturated carbocycles. The molecule has 98 valence electrons. The Kier molecular flexibility index (Phi) is 3.71. The van der Waals surface area contributed by atoms with Gasteiger partial charge in [-0.1, -0.05) is 17.7 Å². The van der Waals surface area contributed by atoms with Crippen molar-refractivity contribution >= 4 is 28.9 Å². The third-order valence-electron chi connectivity index (χ3n) is 2.70. The predicted molar refractivity (Wildman–Crippen MR) is 75.0 cm³/mol. The maximum Gasteiger partial charge on any atom is 0.255 e. The molecule has 0 bridgehead atoms. The van der Waals surface area contributed by atoms with Crippen molar-refractivity contribution in [2.24, 2.45) is 0 Å². The third kappa shape index (κ3) is 2.85. The molecule has 2 aromatic carbocycles. The number of benzene rings is 2. The molecule has 0 radical (unpaired) electrons. The number of carbonyl (C=O) groups excluding carboxylic acids is 1. The van der Waals surface area contributed by atoms with E-state index in [4.69, 9.17) is 17.3 Å². The third-order valence-corrected chi connectivity index (χ3v) is 3.13.